The Balaban J connectivity index is 1.38. The molecule has 0 saturated carbocycles. The number of nitrogens with zero attached hydrogens (tertiary/aromatic N) is 5. The van der Waals surface area contributed by atoms with Gasteiger partial charge >= 0.3 is 11.6 Å². The lowest BCUT2D eigenvalue weighted by Crippen LogP contribution is -2.71. The van der Waals surface area contributed by atoms with Crippen molar-refractivity contribution in [2.45, 2.75) is 18.0 Å². The van der Waals surface area contributed by atoms with Gasteiger partial charge < -0.3 is 26.1 Å². The molecule has 0 aliphatic carbocycles. The van der Waals surface area contributed by atoms with Gasteiger partial charge in [0.1, 0.15) is 48.9 Å². The number of anilines is 1. The average molecular weight is 531 g/mol. The number of β-lactam (4-membered cyclic amide) rings is 1. The molecule has 3 aromatic heterocycles. The molecule has 0 radical (unpaired) electrons. The first-order valence-electron chi connectivity index (χ1n) is 10.5. The van der Waals surface area contributed by atoms with Crippen molar-refractivity contribution in [2.75, 3.05) is 18.6 Å². The molecule has 2 amide bonds. The second-order valence-corrected chi connectivity index (χ2v) is 9.86. The number of rotatable bonds is 7. The van der Waals surface area contributed by atoms with Gasteiger partial charge in [-0.05, 0) is 12.1 Å². The van der Waals surface area contributed by atoms with Gasteiger partial charge in [0, 0.05) is 16.7 Å². The van der Waals surface area contributed by atoms with Crippen LogP contribution in [0.1, 0.15) is 5.69 Å². The number of thioether (sulfide) groups is 1. The number of nitrogen functional groups attached to an aromatic ring is 1. The van der Waals surface area contributed by atoms with Gasteiger partial charge in [-0.3, -0.25) is 14.5 Å². The first-order chi connectivity index (χ1) is 17.3. The van der Waals surface area contributed by atoms with Crippen molar-refractivity contribution in [3.05, 3.63) is 53.1 Å². The van der Waals surface area contributed by atoms with E-state index < -0.39 is 29.2 Å². The molecule has 1 fully saturated rings. The van der Waals surface area contributed by atoms with E-state index in [4.69, 9.17) is 10.6 Å². The Labute approximate surface area is 211 Å². The monoisotopic (exact) mass is 530 g/mol. The fourth-order valence-electron chi connectivity index (χ4n) is 4.18. The fourth-order valence-corrected chi connectivity index (χ4v) is 6.07. The maximum atomic E-state index is 13.0. The highest BCUT2D eigenvalue weighted by Crippen LogP contribution is 2.40. The van der Waals surface area contributed by atoms with Crippen molar-refractivity contribution in [1.82, 2.24) is 19.6 Å². The van der Waals surface area contributed by atoms with E-state index in [2.05, 4.69) is 15.5 Å². The van der Waals surface area contributed by atoms with Crippen LogP contribution in [0.15, 0.2) is 52.5 Å². The molecule has 5 N–H and O–H groups in total. The standard InChI is InChI=1S/C21H19N7O6S2/c1-34-25-13(11-9-36-21(22)23-11)16(30)24-14-18(31)28-15(20(32)33)10(8-35-19(14)28)7-27-6-5-26-4-2-3-12(29)17(26)27/h2-6,9,14,19H,7-8H2,1H3,(H4-,22,23,24,29,30,32,33)/p+1/b25-13-/t14-,19+/m1/s1. The van der Waals surface area contributed by atoms with Crippen molar-refractivity contribution in [2.24, 2.45) is 5.16 Å². The predicted octanol–water partition coefficient (Wildman–Crippen LogP) is -0.240. The number of carboxylic acid groups (broad SMARTS) is 1. The number of aromatic nitrogens is 3. The minimum absolute atomic E-state index is 0.0412. The molecule has 2 aliphatic heterocycles. The summed E-state index contributed by atoms with van der Waals surface area (Å²) < 4.78 is 3.43. The van der Waals surface area contributed by atoms with Gasteiger partial charge in [-0.2, -0.15) is 4.40 Å². The lowest BCUT2D eigenvalue weighted by molar-refractivity contribution is -0.662. The highest BCUT2D eigenvalue weighted by molar-refractivity contribution is 8.00. The molecule has 0 unspecified atom stereocenters. The van der Waals surface area contributed by atoms with Crippen molar-refractivity contribution in [3.8, 4) is 5.75 Å². The van der Waals surface area contributed by atoms with Gasteiger partial charge in [0.15, 0.2) is 10.8 Å². The van der Waals surface area contributed by atoms with Crippen LogP contribution < -0.4 is 15.6 Å². The number of aromatic hydroxyl groups is 1. The van der Waals surface area contributed by atoms with Gasteiger partial charge in [0.25, 0.3) is 11.8 Å². The molecule has 5 heterocycles. The van der Waals surface area contributed by atoms with Gasteiger partial charge in [-0.15, -0.1) is 23.1 Å². The maximum Gasteiger partial charge on any atom is 0.352 e. The number of hydrogen-bond donors (Lipinski definition) is 4. The van der Waals surface area contributed by atoms with Crippen LogP contribution in [-0.4, -0.2) is 72.3 Å². The van der Waals surface area contributed by atoms with E-state index in [1.54, 1.807) is 33.6 Å². The number of nitrogens with one attached hydrogen (secondary N) is 1. The molecule has 15 heteroatoms. The summed E-state index contributed by atoms with van der Waals surface area (Å²) in [6.45, 7) is 0.159. The Hall–Kier alpha value is -4.11. The molecule has 2 atom stereocenters. The van der Waals surface area contributed by atoms with Gasteiger partial charge in [0.05, 0.1) is 6.20 Å². The summed E-state index contributed by atoms with van der Waals surface area (Å²) in [6.07, 6.45) is 5.22. The van der Waals surface area contributed by atoms with Crippen LogP contribution in [0.3, 0.4) is 0 Å². The number of thiazole rings is 1. The van der Waals surface area contributed by atoms with Crippen molar-refractivity contribution in [3.63, 3.8) is 0 Å². The number of amides is 2. The summed E-state index contributed by atoms with van der Waals surface area (Å²) in [7, 11) is 1.27. The highest BCUT2D eigenvalue weighted by atomic mass is 32.2. The quantitative estimate of drug-likeness (QED) is 0.139. The van der Waals surface area contributed by atoms with Gasteiger partial charge in [-0.1, -0.05) is 5.16 Å². The van der Waals surface area contributed by atoms with E-state index >= 15 is 0 Å². The third-order valence-electron chi connectivity index (χ3n) is 5.71. The largest absolute Gasteiger partial charge is 0.501 e. The SMILES string of the molecule is CO/N=C(\C(=O)N[C@@H]1C(=O)N2C(C(=O)O)=C(C[n+]3ccn4cccc(O)c43)CS[C@@H]12)c1csc(N)n1. The molecule has 3 aromatic rings. The molecular weight excluding hydrogens is 510 g/mol. The zero-order chi connectivity index (χ0) is 25.6. The maximum absolute atomic E-state index is 13.0. The number of carbonyl (C=O) groups excluding carboxylic acids is 2. The van der Waals surface area contributed by atoms with Crippen LogP contribution in [0.5, 0.6) is 5.75 Å². The van der Waals surface area contributed by atoms with E-state index in [0.29, 0.717) is 17.0 Å². The minimum atomic E-state index is -1.25. The third-order valence-corrected chi connectivity index (χ3v) is 7.73. The van der Waals surface area contributed by atoms with Crippen LogP contribution in [0.4, 0.5) is 5.13 Å². The summed E-state index contributed by atoms with van der Waals surface area (Å²) in [4.78, 5) is 48.1. The topological polar surface area (TPSA) is 176 Å². The number of fused-ring (bicyclic) bond motifs is 2. The number of carboxylic acids is 1. The van der Waals surface area contributed by atoms with E-state index in [1.807, 2.05) is 0 Å². The Morgan fingerprint density at radius 2 is 2.22 bits per heavy atom. The molecule has 0 spiro atoms. The first kappa shape index (κ1) is 23.6. The summed E-state index contributed by atoms with van der Waals surface area (Å²) in [5.41, 5.74) is 6.56. The van der Waals surface area contributed by atoms with Crippen LogP contribution in [0.25, 0.3) is 5.65 Å². The van der Waals surface area contributed by atoms with Crippen LogP contribution >= 0.6 is 23.1 Å². The molecule has 2 aliphatic rings. The summed E-state index contributed by atoms with van der Waals surface area (Å²) in [5, 5.41) is 27.7. The summed E-state index contributed by atoms with van der Waals surface area (Å²) >= 11 is 2.45. The van der Waals surface area contributed by atoms with Gasteiger partial charge in [-0.25, -0.2) is 14.3 Å². The Morgan fingerprint density at radius 1 is 1.42 bits per heavy atom. The lowest BCUT2D eigenvalue weighted by Gasteiger charge is -2.49. The number of carbonyl (C=O) groups is 3. The van der Waals surface area contributed by atoms with E-state index in [0.717, 1.165) is 11.3 Å². The van der Waals surface area contributed by atoms with Crippen molar-refractivity contribution < 1.29 is 34.0 Å². The molecule has 1 saturated heterocycles. The fraction of sp³-hybridized carbons (Fsp3) is 0.238. The zero-order valence-electron chi connectivity index (χ0n) is 18.7. The minimum Gasteiger partial charge on any atom is -0.501 e. The number of oxime groups is 1. The van der Waals surface area contributed by atoms with Crippen LogP contribution in [0.2, 0.25) is 0 Å². The van der Waals surface area contributed by atoms with Gasteiger partial charge in [0.2, 0.25) is 5.75 Å². The average Bonchev–Trinajstić information content (AvgIpc) is 3.47. The number of aliphatic carboxylic acids is 1. The second-order valence-electron chi connectivity index (χ2n) is 7.86. The van der Waals surface area contributed by atoms with E-state index in [-0.39, 0.29) is 34.5 Å². The number of pyridine rings is 1. The normalized spacial score (nSPS) is 19.8. The Bertz CT molecular complexity index is 1460. The molecule has 36 heavy (non-hydrogen) atoms. The summed E-state index contributed by atoms with van der Waals surface area (Å²) in [6, 6.07) is 2.27. The molecular formula is C21H20N7O6S2+. The lowest BCUT2D eigenvalue weighted by atomic mass is 10.0. The molecule has 13 nitrogen and oxygen atoms in total. The zero-order valence-corrected chi connectivity index (χ0v) is 20.3. The van der Waals surface area contributed by atoms with Crippen LogP contribution in [-0.2, 0) is 25.8 Å². The van der Waals surface area contributed by atoms with Crippen molar-refractivity contribution >= 4 is 57.4 Å². The smallest absolute Gasteiger partial charge is 0.352 e. The number of hydrogen-bond acceptors (Lipinski definition) is 10. The molecule has 0 aromatic carbocycles. The first-order valence-corrected chi connectivity index (χ1v) is 12.4. The number of imidazole rings is 1. The van der Waals surface area contributed by atoms with E-state index in [9.17, 15) is 24.6 Å². The third kappa shape index (κ3) is 3.91. The molecule has 186 valence electrons. The molecule has 0 bridgehead atoms. The summed E-state index contributed by atoms with van der Waals surface area (Å²) in [5.74, 6) is -2.15. The van der Waals surface area contributed by atoms with Crippen molar-refractivity contribution in [1.29, 1.82) is 0 Å². The van der Waals surface area contributed by atoms with E-state index in [1.165, 1.54) is 35.2 Å². The molecule has 5 rings (SSSR count). The highest BCUT2D eigenvalue weighted by Gasteiger charge is 2.54. The number of nitrogens with two attached hydrogens (primary N) is 1. The Morgan fingerprint density at radius 3 is 2.92 bits per heavy atom. The predicted molar refractivity (Wildman–Crippen MR) is 129 cm³/mol. The Kier molecular flexibility index (Phi) is 6.01. The van der Waals surface area contributed by atoms with Crippen LogP contribution in [0, 0.1) is 0 Å². The second kappa shape index (κ2) is 9.16.